The number of halogens is 1. The Kier molecular flexibility index (Phi) is 16.0. The summed E-state index contributed by atoms with van der Waals surface area (Å²) in [5.41, 5.74) is 2.93. The summed E-state index contributed by atoms with van der Waals surface area (Å²) in [6, 6.07) is 9.89. The van der Waals surface area contributed by atoms with Crippen LogP contribution >= 0.6 is 0 Å². The molecule has 0 saturated heterocycles. The van der Waals surface area contributed by atoms with Gasteiger partial charge in [0.05, 0.1) is 35.2 Å². The lowest BCUT2D eigenvalue weighted by molar-refractivity contribution is -0.172. The van der Waals surface area contributed by atoms with Gasteiger partial charge in [-0.3, -0.25) is 23.9 Å². The minimum atomic E-state index is -3.54. The number of ether oxygens (including phenoxy) is 1. The third-order valence-electron chi connectivity index (χ3n) is 13.7. The van der Waals surface area contributed by atoms with Crippen LogP contribution in [-0.2, 0) is 59.0 Å². The lowest BCUT2D eigenvalue weighted by Crippen LogP contribution is -2.54. The zero-order valence-electron chi connectivity index (χ0n) is 43.1. The van der Waals surface area contributed by atoms with Gasteiger partial charge >= 0.3 is 5.97 Å². The fraction of sp³-hybridized carbons (Fsp3) is 0.434. The smallest absolute Gasteiger partial charge is 0.343 e. The van der Waals surface area contributed by atoms with Crippen LogP contribution in [-0.4, -0.2) is 116 Å². The van der Waals surface area contributed by atoms with Crippen LogP contribution < -0.4 is 21.5 Å². The number of hydrogen-bond donors (Lipinski definition) is 4. The van der Waals surface area contributed by atoms with E-state index in [-0.39, 0.29) is 54.1 Å². The molecule has 20 nitrogen and oxygen atoms in total. The molecule has 3 atom stereocenters. The van der Waals surface area contributed by atoms with E-state index in [1.807, 2.05) is 45.0 Å². The van der Waals surface area contributed by atoms with Crippen LogP contribution in [0.15, 0.2) is 71.0 Å². The van der Waals surface area contributed by atoms with Crippen LogP contribution in [0.3, 0.4) is 0 Å². The van der Waals surface area contributed by atoms with E-state index in [0.29, 0.717) is 100 Å². The van der Waals surface area contributed by atoms with Crippen molar-refractivity contribution >= 4 is 50.1 Å². The number of cyclic esters (lactones) is 1. The second-order valence-corrected chi connectivity index (χ2v) is 21.9. The highest BCUT2D eigenvalue weighted by atomic mass is 32.2. The average Bonchev–Trinajstić information content (AvgIpc) is 4.03. The number of benzene rings is 2. The first-order valence-electron chi connectivity index (χ1n) is 25.0. The molecule has 0 fully saturated rings. The van der Waals surface area contributed by atoms with E-state index in [0.717, 1.165) is 19.2 Å². The summed E-state index contributed by atoms with van der Waals surface area (Å²) in [5, 5.41) is 28.8. The van der Waals surface area contributed by atoms with E-state index in [2.05, 4.69) is 36.2 Å². The zero-order valence-corrected chi connectivity index (χ0v) is 43.9. The molecule has 4 aromatic heterocycles. The Morgan fingerprint density at radius 1 is 0.947 bits per heavy atom. The van der Waals surface area contributed by atoms with Crippen LogP contribution in [0.25, 0.3) is 44.7 Å². The predicted molar refractivity (Wildman–Crippen MR) is 277 cm³/mol. The molecular formula is C53H62FN11O9S. The van der Waals surface area contributed by atoms with E-state index in [9.17, 15) is 37.5 Å². The number of hydrogen-bond acceptors (Lipinski definition) is 15. The van der Waals surface area contributed by atoms with Crippen LogP contribution in [0, 0.1) is 18.7 Å². The highest BCUT2D eigenvalue weighted by Crippen LogP contribution is 2.44. The summed E-state index contributed by atoms with van der Waals surface area (Å²) in [4.78, 5) is 82.9. The topological polar surface area (TPSA) is 263 Å². The molecule has 0 radical (unpaired) electrons. The minimum absolute atomic E-state index is 0.0210. The van der Waals surface area contributed by atoms with Gasteiger partial charge in [0.25, 0.3) is 5.56 Å². The lowest BCUT2D eigenvalue weighted by atomic mass is 9.86. The van der Waals surface area contributed by atoms with Gasteiger partial charge in [0, 0.05) is 65.4 Å². The molecule has 396 valence electrons. The molecular weight excluding hydrogens is 986 g/mol. The van der Waals surface area contributed by atoms with Crippen molar-refractivity contribution in [2.75, 3.05) is 32.2 Å². The third kappa shape index (κ3) is 11.7. The highest BCUT2D eigenvalue weighted by Gasteiger charge is 2.45. The number of unbranched alkanes of at least 4 members (excludes halogenated alkanes) is 3. The molecule has 4 N–H and O–H groups in total. The standard InChI is InChI=1S/C53H62FN11O9S/c1-8-53(71)38-23-43-47-36(27-65(43)50(69)37(38)29-74-51(53)70)45(35-22-31(4)39(54)24-41(35)58-47)32-16-18-34(19-17-32)57-48(67)40(14-11-13-20-63(5)6)59-49(68)46(30(2)3)60-44(66)15-10-9-12-21-64-28-42(61-62-64)33-25-55-52(56-26-33)75(7,72)73/h16-19,22-26,28,30,40,46,71H,8-15,20-21,27,29H2,1-7H3,(H,57,67)(H,59,68)(H,60,66)/t40?,46?,53-/m0/s1. The largest absolute Gasteiger partial charge is 0.458 e. The second-order valence-electron chi connectivity index (χ2n) is 20.0. The van der Waals surface area contributed by atoms with Gasteiger partial charge in [-0.1, -0.05) is 44.5 Å². The first kappa shape index (κ1) is 54.0. The second kappa shape index (κ2) is 22.3. The number of aryl methyl sites for hydroxylation is 2. The van der Waals surface area contributed by atoms with Crippen molar-refractivity contribution < 1.29 is 41.8 Å². The number of amides is 3. The van der Waals surface area contributed by atoms with Gasteiger partial charge in [-0.25, -0.2) is 32.6 Å². The van der Waals surface area contributed by atoms with Gasteiger partial charge in [0.1, 0.15) is 30.2 Å². The lowest BCUT2D eigenvalue weighted by Gasteiger charge is -2.31. The number of aliphatic hydroxyl groups is 1. The van der Waals surface area contributed by atoms with Crippen molar-refractivity contribution in [1.29, 1.82) is 0 Å². The number of anilines is 1. The van der Waals surface area contributed by atoms with Crippen LogP contribution in [0.5, 0.6) is 0 Å². The third-order valence-corrected chi connectivity index (χ3v) is 14.6. The first-order valence-corrected chi connectivity index (χ1v) is 26.9. The van der Waals surface area contributed by atoms with Crippen LogP contribution in [0.2, 0.25) is 0 Å². The Bertz CT molecular complexity index is 3340. The molecule has 6 heterocycles. The number of rotatable bonds is 21. The van der Waals surface area contributed by atoms with E-state index in [1.54, 1.807) is 49.0 Å². The molecule has 0 bridgehead atoms. The fourth-order valence-corrected chi connectivity index (χ4v) is 9.98. The number of esters is 1. The number of fused-ring (bicyclic) bond motifs is 5. The van der Waals surface area contributed by atoms with E-state index in [4.69, 9.17) is 9.72 Å². The number of sulfone groups is 1. The summed E-state index contributed by atoms with van der Waals surface area (Å²) in [6.07, 6.45) is 9.32. The maximum atomic E-state index is 15.2. The molecule has 2 aliphatic rings. The predicted octanol–water partition coefficient (Wildman–Crippen LogP) is 5.20. The summed E-state index contributed by atoms with van der Waals surface area (Å²) in [6.45, 7) is 8.06. The van der Waals surface area contributed by atoms with Gasteiger partial charge in [-0.2, -0.15) is 0 Å². The molecule has 6 aromatic rings. The van der Waals surface area contributed by atoms with Gasteiger partial charge < -0.3 is 35.3 Å². The average molecular weight is 1050 g/mol. The monoisotopic (exact) mass is 1050 g/mol. The summed E-state index contributed by atoms with van der Waals surface area (Å²) >= 11 is 0. The number of aromatic nitrogens is 7. The van der Waals surface area contributed by atoms with Crippen LogP contribution in [0.4, 0.5) is 10.1 Å². The SMILES string of the molecule is CC[C@@]1(O)C(=O)OCc2c1cc1n(c2=O)Cc2c-1nc1cc(F)c(C)cc1c2-c1ccc(NC(=O)C(CCCCN(C)C)NC(=O)C(NC(=O)CCCCCn2cc(-c3cnc(S(C)(=O)=O)nc3)nn2)C(C)C)cc1. The fourth-order valence-electron chi connectivity index (χ4n) is 9.49. The Morgan fingerprint density at radius 2 is 1.68 bits per heavy atom. The number of pyridine rings is 2. The maximum absolute atomic E-state index is 15.2. The minimum Gasteiger partial charge on any atom is -0.458 e. The zero-order chi connectivity index (χ0) is 53.9. The Labute approximate surface area is 433 Å². The van der Waals surface area contributed by atoms with Crippen molar-refractivity contribution in [2.45, 2.75) is 122 Å². The van der Waals surface area contributed by atoms with Crippen molar-refractivity contribution in [3.63, 3.8) is 0 Å². The quantitative estimate of drug-likeness (QED) is 0.0410. The normalized spacial score (nSPS) is 15.8. The Hall–Kier alpha value is -7.30. The molecule has 22 heteroatoms. The van der Waals surface area contributed by atoms with E-state index < -0.39 is 56.7 Å². The summed E-state index contributed by atoms with van der Waals surface area (Å²) < 4.78 is 47.0. The maximum Gasteiger partial charge on any atom is 0.343 e. The number of nitrogens with one attached hydrogen (secondary N) is 3. The molecule has 2 aromatic carbocycles. The first-order chi connectivity index (χ1) is 35.7. The molecule has 2 aliphatic heterocycles. The molecule has 0 aliphatic carbocycles. The Morgan fingerprint density at radius 3 is 2.36 bits per heavy atom. The van der Waals surface area contributed by atoms with E-state index >= 15 is 4.39 Å². The summed E-state index contributed by atoms with van der Waals surface area (Å²) in [5.74, 6) is -2.82. The van der Waals surface area contributed by atoms with Gasteiger partial charge in [-0.05, 0) is 113 Å². The number of carbonyl (C=O) groups is 4. The molecule has 2 unspecified atom stereocenters. The Balaban J connectivity index is 0.935. The van der Waals surface area contributed by atoms with Gasteiger partial charge in [0.15, 0.2) is 5.60 Å². The molecule has 75 heavy (non-hydrogen) atoms. The van der Waals surface area contributed by atoms with Gasteiger partial charge in [-0.15, -0.1) is 5.10 Å². The van der Waals surface area contributed by atoms with Crippen molar-refractivity contribution in [3.8, 4) is 33.8 Å². The van der Waals surface area contributed by atoms with Gasteiger partial charge in [0.2, 0.25) is 32.7 Å². The van der Waals surface area contributed by atoms with Crippen molar-refractivity contribution in [3.05, 3.63) is 99.5 Å². The molecule has 0 spiro atoms. The number of nitrogens with zero attached hydrogens (tertiary/aromatic N) is 8. The summed E-state index contributed by atoms with van der Waals surface area (Å²) in [7, 11) is 0.382. The van der Waals surface area contributed by atoms with E-state index in [1.165, 1.54) is 23.0 Å². The van der Waals surface area contributed by atoms with Crippen molar-refractivity contribution in [1.82, 2.24) is 50.0 Å². The van der Waals surface area contributed by atoms with Crippen molar-refractivity contribution in [2.24, 2.45) is 5.92 Å². The van der Waals surface area contributed by atoms with Crippen LogP contribution in [0.1, 0.15) is 94.4 Å². The molecule has 8 rings (SSSR count). The highest BCUT2D eigenvalue weighted by molar-refractivity contribution is 7.90. The molecule has 0 saturated carbocycles. The molecule has 3 amide bonds. The number of carbonyl (C=O) groups excluding carboxylic acids is 4.